The third-order valence-electron chi connectivity index (χ3n) is 2.46. The molecule has 9 nitrogen and oxygen atoms in total. The Morgan fingerprint density at radius 2 is 1.24 bits per heavy atom. The first-order valence-corrected chi connectivity index (χ1v) is 7.02. The van der Waals surface area contributed by atoms with Gasteiger partial charge in [0.15, 0.2) is 0 Å². The summed E-state index contributed by atoms with van der Waals surface area (Å²) in [6, 6.07) is 0. The van der Waals surface area contributed by atoms with Crippen LogP contribution in [-0.4, -0.2) is 76.7 Å². The Bertz CT molecular complexity index is 315. The second-order valence-electron chi connectivity index (χ2n) is 3.70. The van der Waals surface area contributed by atoms with E-state index < -0.39 is 43.0 Å². The van der Waals surface area contributed by atoms with Gasteiger partial charge in [-0.1, -0.05) is 0 Å². The van der Waals surface area contributed by atoms with Crippen molar-refractivity contribution in [3.63, 3.8) is 0 Å². The Morgan fingerprint density at radius 1 is 0.882 bits per heavy atom. The van der Waals surface area contributed by atoms with Crippen LogP contribution in [0.2, 0.25) is 0 Å². The van der Waals surface area contributed by atoms with Gasteiger partial charge >= 0.3 is 6.72 Å². The summed E-state index contributed by atoms with van der Waals surface area (Å²) in [5.74, 6) is -3.10. The van der Waals surface area contributed by atoms with Crippen LogP contribution < -0.4 is 0 Å². The van der Waals surface area contributed by atoms with Gasteiger partial charge in [-0.2, -0.15) is 0 Å². The molecule has 1 aliphatic carbocycles. The quantitative estimate of drug-likeness (QED) is 0.184. The summed E-state index contributed by atoms with van der Waals surface area (Å²) in [6.07, 6.45) is -10.7. The van der Waals surface area contributed by atoms with Crippen molar-refractivity contribution >= 4 is 18.5 Å². The molecule has 0 radical (unpaired) electrons. The van der Waals surface area contributed by atoms with E-state index in [9.17, 15) is 30.6 Å². The highest BCUT2D eigenvalue weighted by Gasteiger charge is 2.60. The van der Waals surface area contributed by atoms with E-state index in [-0.39, 0.29) is 0 Å². The van der Waals surface area contributed by atoms with Gasteiger partial charge in [0.1, 0.15) is 30.5 Å². The average Bonchev–Trinajstić information content (AvgIpc) is 2.19. The lowest BCUT2D eigenvalue weighted by molar-refractivity contribution is -0.334. The number of hydrogen-bond donors (Lipinski definition) is 8. The first kappa shape index (κ1) is 15.3. The van der Waals surface area contributed by atoms with Gasteiger partial charge in [0.25, 0.3) is 0 Å². The summed E-state index contributed by atoms with van der Waals surface area (Å²) in [7, 11) is 0. The molecule has 102 valence electrons. The standard InChI is InChI=1S/C6H13O9PS/c7-1-2(8)4(10)6(12,5(11)3(1)9)15-16(13,14)17/h1-5,7-12H,(H2,13,14,17)/t1-,2-,3+,4-,5-,6-/m1/s1. The van der Waals surface area contributed by atoms with Crippen molar-refractivity contribution in [2.75, 3.05) is 0 Å². The van der Waals surface area contributed by atoms with E-state index in [1.807, 2.05) is 0 Å². The molecular formula is C6H13O9PS. The molecular weight excluding hydrogens is 279 g/mol. The molecule has 17 heavy (non-hydrogen) atoms. The normalized spacial score (nSPS) is 48.1. The van der Waals surface area contributed by atoms with E-state index in [2.05, 4.69) is 16.3 Å². The Labute approximate surface area is 100 Å². The maximum Gasteiger partial charge on any atom is 0.324 e. The molecule has 0 unspecified atom stereocenters. The van der Waals surface area contributed by atoms with Crippen molar-refractivity contribution in [2.24, 2.45) is 0 Å². The molecule has 6 atom stereocenters. The van der Waals surface area contributed by atoms with Crippen LogP contribution in [0.5, 0.6) is 0 Å². The highest BCUT2D eigenvalue weighted by molar-refractivity contribution is 8.06. The second-order valence-corrected chi connectivity index (χ2v) is 6.29. The molecule has 1 aliphatic rings. The molecule has 0 aromatic rings. The van der Waals surface area contributed by atoms with Crippen LogP contribution in [0.3, 0.4) is 0 Å². The number of hydrogen-bond acceptors (Lipinski definition) is 8. The van der Waals surface area contributed by atoms with E-state index in [0.717, 1.165) is 0 Å². The minimum atomic E-state index is -4.49. The maximum atomic E-state index is 9.69. The highest BCUT2D eigenvalue weighted by Crippen LogP contribution is 2.46. The monoisotopic (exact) mass is 292 g/mol. The topological polar surface area (TPSA) is 171 Å². The highest BCUT2D eigenvalue weighted by atomic mass is 32.5. The zero-order valence-corrected chi connectivity index (χ0v) is 9.94. The van der Waals surface area contributed by atoms with E-state index in [1.54, 1.807) is 0 Å². The lowest BCUT2D eigenvalue weighted by Gasteiger charge is -2.47. The van der Waals surface area contributed by atoms with Gasteiger partial charge in [0.2, 0.25) is 5.79 Å². The zero-order valence-electron chi connectivity index (χ0n) is 8.23. The molecule has 0 spiro atoms. The number of aliphatic hydroxyl groups excluding tert-OH is 5. The Kier molecular flexibility index (Phi) is 4.30. The second kappa shape index (κ2) is 4.76. The number of rotatable bonds is 2. The van der Waals surface area contributed by atoms with Gasteiger partial charge in [-0.25, -0.2) is 0 Å². The van der Waals surface area contributed by atoms with Crippen LogP contribution in [0.25, 0.3) is 0 Å². The summed E-state index contributed by atoms with van der Waals surface area (Å²) in [6.45, 7) is -4.49. The summed E-state index contributed by atoms with van der Waals surface area (Å²) in [5.41, 5.74) is 0. The van der Waals surface area contributed by atoms with E-state index >= 15 is 0 Å². The van der Waals surface area contributed by atoms with Gasteiger partial charge in [0, 0.05) is 0 Å². The van der Waals surface area contributed by atoms with Crippen LogP contribution in [0.15, 0.2) is 0 Å². The van der Waals surface area contributed by atoms with Crippen molar-refractivity contribution in [1.82, 2.24) is 0 Å². The summed E-state index contributed by atoms with van der Waals surface area (Å²) in [4.78, 5) is 17.7. The first-order chi connectivity index (χ1) is 7.50. The van der Waals surface area contributed by atoms with Crippen molar-refractivity contribution in [3.8, 4) is 0 Å². The molecule has 0 aliphatic heterocycles. The molecule has 0 aromatic heterocycles. The van der Waals surface area contributed by atoms with Crippen molar-refractivity contribution in [2.45, 2.75) is 36.3 Å². The Hall–Kier alpha value is 0.290. The minimum absolute atomic E-state index is 1.95. The third kappa shape index (κ3) is 2.83. The van der Waals surface area contributed by atoms with E-state index in [1.165, 1.54) is 0 Å². The molecule has 11 heteroatoms. The molecule has 1 saturated carbocycles. The molecule has 0 heterocycles. The largest absolute Gasteiger partial charge is 0.387 e. The predicted octanol–water partition coefficient (Wildman–Crippen LogP) is -4.28. The summed E-state index contributed by atoms with van der Waals surface area (Å²) < 4.78 is 4.14. The zero-order chi connectivity index (χ0) is 13.6. The molecule has 0 amide bonds. The number of aliphatic hydroxyl groups is 6. The predicted molar refractivity (Wildman–Crippen MR) is 54.8 cm³/mol. The average molecular weight is 292 g/mol. The van der Waals surface area contributed by atoms with E-state index in [0.29, 0.717) is 0 Å². The first-order valence-electron chi connectivity index (χ1n) is 4.39. The lowest BCUT2D eigenvalue weighted by Crippen LogP contribution is -2.71. The fourth-order valence-electron chi connectivity index (χ4n) is 1.54. The fraction of sp³-hybridized carbons (Fsp3) is 1.00. The minimum Gasteiger partial charge on any atom is -0.387 e. The molecule has 8 N–H and O–H groups in total. The Balaban J connectivity index is 3.08. The van der Waals surface area contributed by atoms with Crippen molar-refractivity contribution < 1.29 is 44.9 Å². The van der Waals surface area contributed by atoms with Crippen molar-refractivity contribution in [1.29, 1.82) is 0 Å². The van der Waals surface area contributed by atoms with Gasteiger partial charge in [-0.15, -0.1) is 0 Å². The Morgan fingerprint density at radius 3 is 1.53 bits per heavy atom. The SMILES string of the molecule is O[C@@H]1[C@@H](O)[C@@H](O)[C@@](O)(OP(O)(O)=S)[C@H](O)[C@H]1O. The smallest absolute Gasteiger partial charge is 0.324 e. The van der Waals surface area contributed by atoms with Gasteiger partial charge < -0.3 is 40.4 Å². The van der Waals surface area contributed by atoms with Crippen LogP contribution in [0, 0.1) is 0 Å². The van der Waals surface area contributed by atoms with Gasteiger partial charge in [-0.3, -0.25) is 4.52 Å². The summed E-state index contributed by atoms with van der Waals surface area (Å²) >= 11 is 4.04. The van der Waals surface area contributed by atoms with E-state index in [4.69, 9.17) is 9.79 Å². The molecule has 0 saturated heterocycles. The molecule has 1 rings (SSSR count). The summed E-state index contributed by atoms with van der Waals surface area (Å²) in [5, 5.41) is 56.2. The lowest BCUT2D eigenvalue weighted by atomic mass is 9.82. The maximum absolute atomic E-state index is 9.69. The fourth-order valence-corrected chi connectivity index (χ4v) is 2.49. The van der Waals surface area contributed by atoms with Crippen LogP contribution in [0.1, 0.15) is 0 Å². The molecule has 0 bridgehead atoms. The van der Waals surface area contributed by atoms with Crippen molar-refractivity contribution in [3.05, 3.63) is 0 Å². The van der Waals surface area contributed by atoms with Gasteiger partial charge in [0.05, 0.1) is 0 Å². The molecule has 1 fully saturated rings. The molecule has 0 aromatic carbocycles. The third-order valence-corrected chi connectivity index (χ3v) is 3.21. The van der Waals surface area contributed by atoms with Crippen LogP contribution in [-0.2, 0) is 16.3 Å². The van der Waals surface area contributed by atoms with Crippen LogP contribution >= 0.6 is 6.72 Å². The van der Waals surface area contributed by atoms with Gasteiger partial charge in [-0.05, 0) is 11.8 Å². The van der Waals surface area contributed by atoms with Crippen LogP contribution in [0.4, 0.5) is 0 Å².